The molecule has 104 valence electrons. The van der Waals surface area contributed by atoms with E-state index >= 15 is 0 Å². The van der Waals surface area contributed by atoms with Crippen LogP contribution in [0, 0.1) is 11.3 Å². The van der Waals surface area contributed by atoms with Crippen molar-refractivity contribution in [1.29, 1.82) is 5.26 Å². The maximum atomic E-state index is 8.98. The molecule has 0 spiro atoms. The predicted molar refractivity (Wildman–Crippen MR) is 73.1 cm³/mol. The van der Waals surface area contributed by atoms with Gasteiger partial charge in [-0.2, -0.15) is 5.26 Å². The van der Waals surface area contributed by atoms with Crippen LogP contribution in [0.3, 0.4) is 0 Å². The van der Waals surface area contributed by atoms with Crippen molar-refractivity contribution in [3.63, 3.8) is 0 Å². The lowest BCUT2D eigenvalue weighted by molar-refractivity contribution is -0.0376. The van der Waals surface area contributed by atoms with Crippen LogP contribution in [0.2, 0.25) is 0 Å². The van der Waals surface area contributed by atoms with Crippen LogP contribution in [0.5, 0.6) is 5.75 Å². The van der Waals surface area contributed by atoms with Gasteiger partial charge in [-0.1, -0.05) is 6.07 Å². The topological polar surface area (TPSA) is 51.5 Å². The summed E-state index contributed by atoms with van der Waals surface area (Å²) in [6.45, 7) is 7.59. The van der Waals surface area contributed by atoms with Gasteiger partial charge in [0, 0.05) is 0 Å². The average molecular weight is 263 g/mol. The van der Waals surface area contributed by atoms with Crippen molar-refractivity contribution >= 4 is 0 Å². The van der Waals surface area contributed by atoms with Crippen LogP contribution in [0.25, 0.3) is 0 Å². The van der Waals surface area contributed by atoms with Gasteiger partial charge in [0.05, 0.1) is 38.1 Å². The Morgan fingerprint density at radius 2 is 1.95 bits per heavy atom. The minimum Gasteiger partial charge on any atom is -0.495 e. The summed E-state index contributed by atoms with van der Waals surface area (Å²) < 4.78 is 16.2. The molecular formula is C15H21NO3. The normalized spacial score (nSPS) is 11.1. The summed E-state index contributed by atoms with van der Waals surface area (Å²) in [6, 6.07) is 7.56. The monoisotopic (exact) mass is 263 g/mol. The summed E-state index contributed by atoms with van der Waals surface area (Å²) >= 11 is 0. The van der Waals surface area contributed by atoms with Crippen LogP contribution in [0.15, 0.2) is 18.2 Å². The van der Waals surface area contributed by atoms with Gasteiger partial charge in [-0.15, -0.1) is 0 Å². The van der Waals surface area contributed by atoms with E-state index in [1.807, 2.05) is 26.8 Å². The minimum atomic E-state index is -0.141. The Hall–Kier alpha value is -1.57. The molecule has 1 aromatic rings. The molecule has 19 heavy (non-hydrogen) atoms. The van der Waals surface area contributed by atoms with E-state index in [4.69, 9.17) is 19.5 Å². The maximum absolute atomic E-state index is 8.98. The molecule has 0 N–H and O–H groups in total. The van der Waals surface area contributed by atoms with E-state index in [1.165, 1.54) is 0 Å². The summed E-state index contributed by atoms with van der Waals surface area (Å²) in [5, 5.41) is 8.98. The van der Waals surface area contributed by atoms with E-state index in [2.05, 4.69) is 6.07 Å². The maximum Gasteiger partial charge on any atom is 0.136 e. The van der Waals surface area contributed by atoms with Gasteiger partial charge in [-0.05, 0) is 38.5 Å². The standard InChI is InChI=1S/C15H21NO3/c1-15(2,3)19-8-7-18-11-12-5-6-14(17-4)13(9-12)10-16/h5-6,9H,7-8,11H2,1-4H3. The van der Waals surface area contributed by atoms with Crippen molar-refractivity contribution in [3.05, 3.63) is 29.3 Å². The Labute approximate surface area is 114 Å². The molecule has 0 aliphatic carbocycles. The third-order valence-electron chi connectivity index (χ3n) is 2.42. The first-order chi connectivity index (χ1) is 8.96. The van der Waals surface area contributed by atoms with Gasteiger partial charge in [-0.25, -0.2) is 0 Å². The molecule has 0 saturated carbocycles. The molecule has 1 rings (SSSR count). The van der Waals surface area contributed by atoms with Gasteiger partial charge >= 0.3 is 0 Å². The SMILES string of the molecule is COc1ccc(COCCOC(C)(C)C)cc1C#N. The number of rotatable bonds is 6. The van der Waals surface area contributed by atoms with Crippen LogP contribution in [-0.4, -0.2) is 25.9 Å². The van der Waals surface area contributed by atoms with Crippen LogP contribution >= 0.6 is 0 Å². The Kier molecular flexibility index (Phi) is 5.81. The largest absolute Gasteiger partial charge is 0.495 e. The second kappa shape index (κ2) is 7.13. The summed E-state index contributed by atoms with van der Waals surface area (Å²) in [4.78, 5) is 0. The summed E-state index contributed by atoms with van der Waals surface area (Å²) in [7, 11) is 1.55. The van der Waals surface area contributed by atoms with Crippen molar-refractivity contribution in [3.8, 4) is 11.8 Å². The van der Waals surface area contributed by atoms with Crippen LogP contribution in [0.1, 0.15) is 31.9 Å². The molecule has 0 fully saturated rings. The lowest BCUT2D eigenvalue weighted by atomic mass is 10.1. The first-order valence-electron chi connectivity index (χ1n) is 6.25. The number of hydrogen-bond donors (Lipinski definition) is 0. The highest BCUT2D eigenvalue weighted by Crippen LogP contribution is 2.19. The van der Waals surface area contributed by atoms with Crippen molar-refractivity contribution in [2.24, 2.45) is 0 Å². The Morgan fingerprint density at radius 1 is 1.21 bits per heavy atom. The average Bonchev–Trinajstić information content (AvgIpc) is 2.36. The summed E-state index contributed by atoms with van der Waals surface area (Å²) in [5.41, 5.74) is 1.33. The third-order valence-corrected chi connectivity index (χ3v) is 2.42. The van der Waals surface area contributed by atoms with Crippen molar-refractivity contribution in [2.75, 3.05) is 20.3 Å². The van der Waals surface area contributed by atoms with Crippen LogP contribution < -0.4 is 4.74 Å². The first kappa shape index (κ1) is 15.5. The van der Waals surface area contributed by atoms with Crippen LogP contribution in [-0.2, 0) is 16.1 Å². The zero-order valence-electron chi connectivity index (χ0n) is 12.0. The molecule has 4 heteroatoms. The van der Waals surface area contributed by atoms with Gasteiger partial charge in [0.25, 0.3) is 0 Å². The number of hydrogen-bond acceptors (Lipinski definition) is 4. The molecule has 0 unspecified atom stereocenters. The second-order valence-electron chi connectivity index (χ2n) is 5.16. The zero-order chi connectivity index (χ0) is 14.3. The fraction of sp³-hybridized carbons (Fsp3) is 0.533. The Bertz CT molecular complexity index is 444. The molecule has 0 aliphatic rings. The number of ether oxygens (including phenoxy) is 3. The highest BCUT2D eigenvalue weighted by molar-refractivity contribution is 5.45. The molecule has 4 nitrogen and oxygen atoms in total. The molecule has 0 aromatic heterocycles. The first-order valence-corrected chi connectivity index (χ1v) is 6.25. The van der Waals surface area contributed by atoms with Gasteiger partial charge < -0.3 is 14.2 Å². The van der Waals surface area contributed by atoms with Gasteiger partial charge in [0.15, 0.2) is 0 Å². The molecule has 0 heterocycles. The fourth-order valence-electron chi connectivity index (χ4n) is 1.53. The molecule has 0 atom stereocenters. The molecule has 0 aliphatic heterocycles. The molecule has 1 aromatic carbocycles. The number of benzene rings is 1. The zero-order valence-corrected chi connectivity index (χ0v) is 12.0. The van der Waals surface area contributed by atoms with E-state index in [9.17, 15) is 0 Å². The van der Waals surface area contributed by atoms with E-state index in [-0.39, 0.29) is 5.60 Å². The van der Waals surface area contributed by atoms with Gasteiger partial charge in [-0.3, -0.25) is 0 Å². The minimum absolute atomic E-state index is 0.141. The number of nitrogens with zero attached hydrogens (tertiary/aromatic N) is 1. The van der Waals surface area contributed by atoms with E-state index in [0.717, 1.165) is 5.56 Å². The van der Waals surface area contributed by atoms with Crippen molar-refractivity contribution in [1.82, 2.24) is 0 Å². The Morgan fingerprint density at radius 3 is 2.53 bits per heavy atom. The second-order valence-corrected chi connectivity index (χ2v) is 5.16. The Balaban J connectivity index is 2.40. The van der Waals surface area contributed by atoms with E-state index < -0.39 is 0 Å². The highest BCUT2D eigenvalue weighted by atomic mass is 16.5. The van der Waals surface area contributed by atoms with Crippen molar-refractivity contribution < 1.29 is 14.2 Å². The third kappa shape index (κ3) is 5.73. The summed E-state index contributed by atoms with van der Waals surface area (Å²) in [6.07, 6.45) is 0. The lowest BCUT2D eigenvalue weighted by Gasteiger charge is -2.19. The van der Waals surface area contributed by atoms with E-state index in [1.54, 1.807) is 19.2 Å². The number of methoxy groups -OCH3 is 1. The van der Waals surface area contributed by atoms with Crippen molar-refractivity contribution in [2.45, 2.75) is 33.0 Å². The van der Waals surface area contributed by atoms with Gasteiger partial charge in [0.1, 0.15) is 11.8 Å². The molecule has 0 radical (unpaired) electrons. The molecule has 0 saturated heterocycles. The van der Waals surface area contributed by atoms with E-state index in [0.29, 0.717) is 31.1 Å². The lowest BCUT2D eigenvalue weighted by Crippen LogP contribution is -2.21. The van der Waals surface area contributed by atoms with Gasteiger partial charge in [0.2, 0.25) is 0 Å². The fourth-order valence-corrected chi connectivity index (χ4v) is 1.53. The predicted octanol–water partition coefficient (Wildman–Crippen LogP) is 2.90. The molecule has 0 bridgehead atoms. The quantitative estimate of drug-likeness (QED) is 0.740. The smallest absolute Gasteiger partial charge is 0.136 e. The van der Waals surface area contributed by atoms with Crippen LogP contribution in [0.4, 0.5) is 0 Å². The number of nitriles is 1. The molecule has 0 amide bonds. The highest BCUT2D eigenvalue weighted by Gasteiger charge is 2.09. The summed E-state index contributed by atoms with van der Waals surface area (Å²) in [5.74, 6) is 0.585. The molecular weight excluding hydrogens is 242 g/mol.